The van der Waals surface area contributed by atoms with Crippen LogP contribution in [-0.2, 0) is 22.4 Å². The average molecular weight is 573 g/mol. The highest BCUT2D eigenvalue weighted by molar-refractivity contribution is 7.19. The molecule has 0 unspecified atom stereocenters. The number of carbonyl (C=O) groups is 1. The van der Waals surface area contributed by atoms with Crippen LogP contribution in [0.15, 0.2) is 19.0 Å². The molecule has 3 aromatic rings. The predicted molar refractivity (Wildman–Crippen MR) is 171 cm³/mol. The normalized spacial score (nSPS) is 10.3. The number of aldehydes is 1. The van der Waals surface area contributed by atoms with Crippen molar-refractivity contribution in [3.63, 3.8) is 0 Å². The number of rotatable bonds is 6. The summed E-state index contributed by atoms with van der Waals surface area (Å²) in [6, 6.07) is 1.75. The number of fused-ring (bicyclic) bond motifs is 3. The standard InChI is InChI=1S/C17H18N6OS.C5H12.C2H4O.C2H2O.2C2H6/c1-24-16-11(6-9(7-18)14(19)23-16)22-15-13-10-4-2-3-5-12(10)25-17(13)21-8-20-15;1-3-5-4-2;2*1-2-3;2*1-2/h6-8,18H,2-5H2,1H3,(H2,19,23)(H,20,21,22);3-5H2,1-2H3;2H,1H3;1H2;2*1-2H3. The van der Waals surface area contributed by atoms with Crippen molar-refractivity contribution in [2.75, 3.05) is 18.2 Å². The van der Waals surface area contributed by atoms with Crippen LogP contribution < -0.4 is 15.8 Å². The Balaban J connectivity index is 0. The van der Waals surface area contributed by atoms with Crippen molar-refractivity contribution in [1.82, 2.24) is 15.0 Å². The topological polar surface area (TPSA) is 144 Å². The molecule has 4 N–H and O–H groups in total. The van der Waals surface area contributed by atoms with Gasteiger partial charge in [-0.3, -0.25) is 0 Å². The van der Waals surface area contributed by atoms with Crippen molar-refractivity contribution < 1.29 is 14.3 Å². The summed E-state index contributed by atoms with van der Waals surface area (Å²) in [7, 11) is 1.54. The molecule has 4 rings (SSSR count). The SMILES string of the molecule is C=C=O.CC.CC.CC=O.CCCCC.COc1nc(N)c(C=N)cc1Nc1ncnc2sc3c(c12)CCCC3. The molecule has 1 aliphatic carbocycles. The molecule has 0 bridgehead atoms. The first-order chi connectivity index (χ1) is 19.4. The van der Waals surface area contributed by atoms with Crippen LogP contribution in [0.4, 0.5) is 17.3 Å². The van der Waals surface area contributed by atoms with E-state index in [1.807, 2.05) is 27.7 Å². The number of anilines is 3. The number of hydrogen-bond donors (Lipinski definition) is 3. The van der Waals surface area contributed by atoms with Crippen molar-refractivity contribution in [2.45, 2.75) is 93.4 Å². The van der Waals surface area contributed by atoms with Crippen LogP contribution in [0.3, 0.4) is 0 Å². The number of hydrogen-bond acceptors (Lipinski definition) is 10. The van der Waals surface area contributed by atoms with Crippen molar-refractivity contribution >= 4 is 57.3 Å². The van der Waals surface area contributed by atoms with E-state index in [9.17, 15) is 0 Å². The fourth-order valence-electron chi connectivity index (χ4n) is 3.55. The summed E-state index contributed by atoms with van der Waals surface area (Å²) >= 11 is 1.75. The Labute approximate surface area is 244 Å². The van der Waals surface area contributed by atoms with Crippen LogP contribution in [0.2, 0.25) is 0 Å². The quantitative estimate of drug-likeness (QED) is 0.154. The van der Waals surface area contributed by atoms with Gasteiger partial charge < -0.3 is 26.0 Å². The number of nitrogen functional groups attached to an aromatic ring is 1. The smallest absolute Gasteiger partial charge is 0.239 e. The molecule has 3 aromatic heterocycles. The molecule has 0 atom stereocenters. The lowest BCUT2D eigenvalue weighted by molar-refractivity contribution is -0.106. The summed E-state index contributed by atoms with van der Waals surface area (Å²) < 4.78 is 5.33. The minimum Gasteiger partial charge on any atom is -0.479 e. The fraction of sp³-hybridized carbons (Fsp3) is 0.500. The summed E-state index contributed by atoms with van der Waals surface area (Å²) in [4.78, 5) is 32.9. The van der Waals surface area contributed by atoms with E-state index >= 15 is 0 Å². The number of nitrogens with one attached hydrogen (secondary N) is 2. The van der Waals surface area contributed by atoms with Crippen LogP contribution in [0.1, 0.15) is 96.6 Å². The van der Waals surface area contributed by atoms with Gasteiger partial charge in [-0.1, -0.05) is 60.8 Å². The second-order valence-corrected chi connectivity index (χ2v) is 8.72. The zero-order chi connectivity index (χ0) is 30.9. The first-order valence-electron chi connectivity index (χ1n) is 13.9. The highest BCUT2D eigenvalue weighted by Crippen LogP contribution is 2.39. The van der Waals surface area contributed by atoms with Gasteiger partial charge in [0.2, 0.25) is 5.88 Å². The molecule has 40 heavy (non-hydrogen) atoms. The number of nitrogens with two attached hydrogens (primary N) is 1. The van der Waals surface area contributed by atoms with Gasteiger partial charge in [-0.25, -0.2) is 14.8 Å². The molecule has 0 amide bonds. The summed E-state index contributed by atoms with van der Waals surface area (Å²) in [5.41, 5.74) is 8.35. The summed E-state index contributed by atoms with van der Waals surface area (Å²) in [5.74, 6) is 2.63. The molecular weight excluding hydrogens is 524 g/mol. The zero-order valence-electron chi connectivity index (χ0n) is 25.5. The van der Waals surface area contributed by atoms with E-state index in [1.165, 1.54) is 61.6 Å². The molecule has 9 nitrogen and oxygen atoms in total. The molecule has 0 aromatic carbocycles. The molecule has 0 aliphatic heterocycles. The molecule has 222 valence electrons. The van der Waals surface area contributed by atoms with Gasteiger partial charge >= 0.3 is 0 Å². The number of aromatic nitrogens is 3. The van der Waals surface area contributed by atoms with Crippen molar-refractivity contribution in [3.8, 4) is 5.88 Å². The number of carbonyl (C=O) groups excluding carboxylic acids is 2. The van der Waals surface area contributed by atoms with E-state index in [4.69, 9.17) is 25.5 Å². The molecule has 0 radical (unpaired) electrons. The van der Waals surface area contributed by atoms with E-state index in [2.05, 4.69) is 40.7 Å². The highest BCUT2D eigenvalue weighted by Gasteiger charge is 2.21. The number of unbranched alkanes of at least 4 members (excludes halogenated alkanes) is 2. The molecule has 0 spiro atoms. The van der Waals surface area contributed by atoms with Gasteiger partial charge in [-0.15, -0.1) is 11.3 Å². The number of thiophene rings is 1. The number of pyridine rings is 1. The van der Waals surface area contributed by atoms with Crippen LogP contribution in [0.5, 0.6) is 5.88 Å². The Hall–Kier alpha value is -3.62. The second kappa shape index (κ2) is 24.4. The molecule has 10 heteroatoms. The van der Waals surface area contributed by atoms with E-state index in [-0.39, 0.29) is 5.82 Å². The molecule has 1 aliphatic rings. The lowest BCUT2D eigenvalue weighted by Crippen LogP contribution is -2.05. The maximum Gasteiger partial charge on any atom is 0.239 e. The first kappa shape index (κ1) is 38.5. The molecule has 0 fully saturated rings. The van der Waals surface area contributed by atoms with Gasteiger partial charge in [0.25, 0.3) is 0 Å². The monoisotopic (exact) mass is 572 g/mol. The third-order valence-electron chi connectivity index (χ3n) is 5.11. The maximum absolute atomic E-state index is 8.81. The first-order valence-corrected chi connectivity index (χ1v) is 14.7. The van der Waals surface area contributed by atoms with Crippen LogP contribution in [0.25, 0.3) is 10.2 Å². The molecule has 0 saturated carbocycles. The van der Waals surface area contributed by atoms with Gasteiger partial charge in [-0.05, 0) is 50.8 Å². The fourth-order valence-corrected chi connectivity index (χ4v) is 4.78. The van der Waals surface area contributed by atoms with Gasteiger partial charge in [-0.2, -0.15) is 4.98 Å². The number of nitrogens with zero attached hydrogens (tertiary/aromatic N) is 3. The summed E-state index contributed by atoms with van der Waals surface area (Å²) in [6.45, 7) is 16.5. The van der Waals surface area contributed by atoms with E-state index in [1.54, 1.807) is 30.8 Å². The minimum absolute atomic E-state index is 0.262. The molecule has 0 saturated heterocycles. The number of methoxy groups -OCH3 is 1. The zero-order valence-corrected chi connectivity index (χ0v) is 26.3. The van der Waals surface area contributed by atoms with E-state index in [0.717, 1.165) is 35.2 Å². The van der Waals surface area contributed by atoms with Crippen molar-refractivity contribution in [1.29, 1.82) is 5.41 Å². The third kappa shape index (κ3) is 12.5. The van der Waals surface area contributed by atoms with Gasteiger partial charge in [0.05, 0.1) is 12.5 Å². The number of aryl methyl sites for hydroxylation is 2. The van der Waals surface area contributed by atoms with Gasteiger partial charge in [0, 0.05) is 16.7 Å². The van der Waals surface area contributed by atoms with Gasteiger partial charge in [0.1, 0.15) is 40.7 Å². The van der Waals surface area contributed by atoms with Crippen LogP contribution >= 0.6 is 11.3 Å². The Kier molecular flexibility index (Phi) is 23.5. The Morgan fingerprint density at radius 2 is 1.75 bits per heavy atom. The maximum atomic E-state index is 8.81. The minimum atomic E-state index is 0.262. The van der Waals surface area contributed by atoms with Crippen molar-refractivity contribution in [2.24, 2.45) is 0 Å². The lowest BCUT2D eigenvalue weighted by Gasteiger charge is -2.14. The largest absolute Gasteiger partial charge is 0.479 e. The Bertz CT molecular complexity index is 1160. The lowest BCUT2D eigenvalue weighted by atomic mass is 9.97. The van der Waals surface area contributed by atoms with Crippen LogP contribution in [-0.4, -0.2) is 40.5 Å². The van der Waals surface area contributed by atoms with E-state index in [0.29, 0.717) is 17.1 Å². The highest BCUT2D eigenvalue weighted by atomic mass is 32.1. The van der Waals surface area contributed by atoms with Crippen LogP contribution in [0, 0.1) is 5.41 Å². The molecular formula is C30H48N6O3S. The Morgan fingerprint density at radius 1 is 1.18 bits per heavy atom. The second-order valence-electron chi connectivity index (χ2n) is 7.64. The molecule has 3 heterocycles. The van der Waals surface area contributed by atoms with Crippen molar-refractivity contribution in [3.05, 3.63) is 35.0 Å². The van der Waals surface area contributed by atoms with E-state index < -0.39 is 0 Å². The average Bonchev–Trinajstić information content (AvgIpc) is 3.37. The van der Waals surface area contributed by atoms with Gasteiger partial charge in [0.15, 0.2) is 0 Å². The number of ether oxygens (including phenoxy) is 1. The summed E-state index contributed by atoms with van der Waals surface area (Å²) in [5, 5.41) is 11.9. The summed E-state index contributed by atoms with van der Waals surface area (Å²) in [6.07, 6.45) is 12.2. The predicted octanol–water partition coefficient (Wildman–Crippen LogP) is 7.76. The third-order valence-corrected chi connectivity index (χ3v) is 6.31. The Morgan fingerprint density at radius 3 is 2.25 bits per heavy atom.